The quantitative estimate of drug-likeness (QED) is 0.118. The van der Waals surface area contributed by atoms with Gasteiger partial charge in [-0.1, -0.05) is 99.7 Å². The van der Waals surface area contributed by atoms with E-state index in [-0.39, 0.29) is 0 Å². The molecule has 0 bridgehead atoms. The van der Waals surface area contributed by atoms with E-state index in [0.29, 0.717) is 0 Å². The monoisotopic (exact) mass is 475 g/mol. The number of unbranched alkanes of at least 4 members (excludes halogenated alkanes) is 5. The van der Waals surface area contributed by atoms with Gasteiger partial charge in [0.05, 0.1) is 17.6 Å². The average molecular weight is 476 g/mol. The van der Waals surface area contributed by atoms with Crippen LogP contribution in [0.3, 0.4) is 0 Å². The molecule has 0 saturated heterocycles. The minimum atomic E-state index is 1.03. The summed E-state index contributed by atoms with van der Waals surface area (Å²) in [7, 11) is 0. The molecule has 0 aromatic heterocycles. The Labute approximate surface area is 216 Å². The maximum atomic E-state index is 4.79. The highest BCUT2D eigenvalue weighted by Crippen LogP contribution is 2.25. The van der Waals surface area contributed by atoms with Crippen molar-refractivity contribution in [3.63, 3.8) is 0 Å². The van der Waals surface area contributed by atoms with Crippen molar-refractivity contribution < 1.29 is 0 Å². The number of para-hydroxylation sites is 2. The number of hydrogen-bond donors (Lipinski definition) is 1. The number of hydrogen-bond acceptors (Lipinski definition) is 3. The van der Waals surface area contributed by atoms with Crippen molar-refractivity contribution in [1.82, 2.24) is 0 Å². The molecule has 0 heterocycles. The summed E-state index contributed by atoms with van der Waals surface area (Å²) in [6.07, 6.45) is 11.1. The van der Waals surface area contributed by atoms with E-state index in [2.05, 4.69) is 85.0 Å². The molecular formula is C33H37N3. The molecule has 4 rings (SSSR count). The predicted molar refractivity (Wildman–Crippen MR) is 156 cm³/mol. The molecule has 4 aromatic carbocycles. The maximum absolute atomic E-state index is 4.79. The molecule has 0 aliphatic heterocycles. The van der Waals surface area contributed by atoms with E-state index in [4.69, 9.17) is 5.10 Å². The molecule has 0 unspecified atom stereocenters. The van der Waals surface area contributed by atoms with Crippen molar-refractivity contribution in [3.05, 3.63) is 120 Å². The Balaban J connectivity index is 1.33. The summed E-state index contributed by atoms with van der Waals surface area (Å²) in [4.78, 5) is 0. The van der Waals surface area contributed by atoms with Crippen LogP contribution in [-0.2, 0) is 6.42 Å². The average Bonchev–Trinajstić information content (AvgIpc) is 2.94. The Hall–Kier alpha value is -3.85. The van der Waals surface area contributed by atoms with Crippen LogP contribution in [0.1, 0.15) is 56.6 Å². The Bertz CT molecular complexity index is 1130. The lowest BCUT2D eigenvalue weighted by atomic mass is 10.0. The summed E-state index contributed by atoms with van der Waals surface area (Å²) in [5.41, 5.74) is 6.70. The molecule has 0 saturated carbocycles. The second kappa shape index (κ2) is 13.9. The number of aryl methyl sites for hydroxylation is 1. The fourth-order valence-corrected chi connectivity index (χ4v) is 4.23. The van der Waals surface area contributed by atoms with Crippen LogP contribution in [0.25, 0.3) is 0 Å². The van der Waals surface area contributed by atoms with Gasteiger partial charge in [0, 0.05) is 11.4 Å². The predicted octanol–water partition coefficient (Wildman–Crippen LogP) is 9.51. The molecule has 3 heteroatoms. The number of rotatable bonds is 13. The molecule has 0 amide bonds. The Morgan fingerprint density at radius 3 is 1.72 bits per heavy atom. The maximum Gasteiger partial charge on any atom is 0.0652 e. The van der Waals surface area contributed by atoms with Crippen molar-refractivity contribution in [3.8, 4) is 0 Å². The highest BCUT2D eigenvalue weighted by molar-refractivity contribution is 5.82. The summed E-state index contributed by atoms with van der Waals surface area (Å²) in [6, 6.07) is 37.7. The second-order valence-electron chi connectivity index (χ2n) is 9.19. The SMILES string of the molecule is CCCCCCCCc1ccc(Nc2ccc(/C=N/N(c3ccccc3)c3ccccc3)cc2)cc1. The molecule has 0 spiro atoms. The molecule has 0 aliphatic rings. The summed E-state index contributed by atoms with van der Waals surface area (Å²) in [5, 5.41) is 10.3. The van der Waals surface area contributed by atoms with Crippen LogP contribution in [0.15, 0.2) is 114 Å². The third-order valence-corrected chi connectivity index (χ3v) is 6.30. The van der Waals surface area contributed by atoms with E-state index in [0.717, 1.165) is 28.3 Å². The molecule has 4 aromatic rings. The lowest BCUT2D eigenvalue weighted by Crippen LogP contribution is -2.09. The van der Waals surface area contributed by atoms with E-state index in [9.17, 15) is 0 Å². The van der Waals surface area contributed by atoms with Gasteiger partial charge in [0.2, 0.25) is 0 Å². The topological polar surface area (TPSA) is 27.6 Å². The molecule has 0 radical (unpaired) electrons. The first-order valence-corrected chi connectivity index (χ1v) is 13.2. The van der Waals surface area contributed by atoms with E-state index >= 15 is 0 Å². The summed E-state index contributed by atoms with van der Waals surface area (Å²) in [6.45, 7) is 2.27. The van der Waals surface area contributed by atoms with Gasteiger partial charge in [-0.05, 0) is 72.5 Å². The van der Waals surface area contributed by atoms with Crippen molar-refractivity contribution in [2.45, 2.75) is 51.9 Å². The number of benzene rings is 4. The van der Waals surface area contributed by atoms with Crippen LogP contribution in [0.2, 0.25) is 0 Å². The second-order valence-corrected chi connectivity index (χ2v) is 9.19. The largest absolute Gasteiger partial charge is 0.356 e. The summed E-state index contributed by atoms with van der Waals surface area (Å²) >= 11 is 0. The molecule has 0 fully saturated rings. The first-order chi connectivity index (χ1) is 17.8. The third kappa shape index (κ3) is 7.84. The van der Waals surface area contributed by atoms with Crippen LogP contribution < -0.4 is 10.3 Å². The number of anilines is 4. The molecule has 1 N–H and O–H groups in total. The Morgan fingerprint density at radius 1 is 0.611 bits per heavy atom. The number of nitrogens with one attached hydrogen (secondary N) is 1. The van der Waals surface area contributed by atoms with E-state index in [1.54, 1.807) is 0 Å². The van der Waals surface area contributed by atoms with Crippen LogP contribution in [0.5, 0.6) is 0 Å². The Morgan fingerprint density at radius 2 is 1.14 bits per heavy atom. The highest BCUT2D eigenvalue weighted by Gasteiger charge is 2.06. The Kier molecular flexibility index (Phi) is 9.74. The summed E-state index contributed by atoms with van der Waals surface area (Å²) < 4.78 is 0. The lowest BCUT2D eigenvalue weighted by molar-refractivity contribution is 0.607. The van der Waals surface area contributed by atoms with Crippen LogP contribution in [0.4, 0.5) is 22.7 Å². The van der Waals surface area contributed by atoms with Gasteiger partial charge in [-0.25, -0.2) is 5.01 Å². The third-order valence-electron chi connectivity index (χ3n) is 6.30. The van der Waals surface area contributed by atoms with Crippen LogP contribution in [-0.4, -0.2) is 6.21 Å². The van der Waals surface area contributed by atoms with Crippen molar-refractivity contribution >= 4 is 29.0 Å². The summed E-state index contributed by atoms with van der Waals surface area (Å²) in [5.74, 6) is 0. The smallest absolute Gasteiger partial charge is 0.0652 e. The zero-order chi connectivity index (χ0) is 24.8. The highest BCUT2D eigenvalue weighted by atomic mass is 15.5. The van der Waals surface area contributed by atoms with Gasteiger partial charge in [0.1, 0.15) is 0 Å². The fraction of sp³-hybridized carbons (Fsp3) is 0.242. The molecule has 184 valence electrons. The fourth-order valence-electron chi connectivity index (χ4n) is 4.23. The molecule has 3 nitrogen and oxygen atoms in total. The van der Waals surface area contributed by atoms with Gasteiger partial charge in [-0.15, -0.1) is 0 Å². The van der Waals surface area contributed by atoms with E-state index < -0.39 is 0 Å². The zero-order valence-electron chi connectivity index (χ0n) is 21.3. The normalized spacial score (nSPS) is 11.0. The number of nitrogens with zero attached hydrogens (tertiary/aromatic N) is 2. The molecule has 0 aliphatic carbocycles. The van der Waals surface area contributed by atoms with Crippen molar-refractivity contribution in [1.29, 1.82) is 0 Å². The van der Waals surface area contributed by atoms with E-state index in [1.807, 2.05) is 47.6 Å². The first-order valence-electron chi connectivity index (χ1n) is 13.2. The van der Waals surface area contributed by atoms with Crippen LogP contribution >= 0.6 is 0 Å². The number of hydrazone groups is 1. The van der Waals surface area contributed by atoms with Gasteiger partial charge < -0.3 is 5.32 Å². The van der Waals surface area contributed by atoms with Crippen molar-refractivity contribution in [2.75, 3.05) is 10.3 Å². The molecular weight excluding hydrogens is 438 g/mol. The molecule has 36 heavy (non-hydrogen) atoms. The van der Waals surface area contributed by atoms with Gasteiger partial charge in [-0.3, -0.25) is 0 Å². The van der Waals surface area contributed by atoms with Crippen LogP contribution in [0, 0.1) is 0 Å². The van der Waals surface area contributed by atoms with Gasteiger partial charge in [-0.2, -0.15) is 5.10 Å². The zero-order valence-corrected chi connectivity index (χ0v) is 21.3. The standard InChI is InChI=1S/C33H37N3/c1-2-3-4-5-6-9-14-28-19-23-30(24-20-28)35-31-25-21-29(22-26-31)27-34-36(32-15-10-7-11-16-32)33-17-12-8-13-18-33/h7-8,10-13,15-27,35H,2-6,9,14H2,1H3/b34-27+. The minimum Gasteiger partial charge on any atom is -0.356 e. The minimum absolute atomic E-state index is 1.03. The van der Waals surface area contributed by atoms with Crippen molar-refractivity contribution in [2.24, 2.45) is 5.10 Å². The van der Waals surface area contributed by atoms with Gasteiger partial charge in [0.15, 0.2) is 0 Å². The lowest BCUT2D eigenvalue weighted by Gasteiger charge is -2.19. The van der Waals surface area contributed by atoms with E-state index in [1.165, 1.54) is 50.5 Å². The molecule has 0 atom stereocenters. The van der Waals surface area contributed by atoms with Gasteiger partial charge >= 0.3 is 0 Å². The van der Waals surface area contributed by atoms with Gasteiger partial charge in [0.25, 0.3) is 0 Å². The first kappa shape index (κ1) is 25.2.